The zero-order valence-corrected chi connectivity index (χ0v) is 23.2. The van der Waals surface area contributed by atoms with E-state index in [-0.39, 0.29) is 0 Å². The molecule has 4 aromatic heterocycles. The van der Waals surface area contributed by atoms with E-state index >= 15 is 0 Å². The molecule has 1 aliphatic heterocycles. The molecule has 1 aliphatic rings. The SMILES string of the molecule is Cc1ccn2c(-c3ccccc3)c(-c3ccc(CCN4CCC(c5nc(-c6ccccn6)n[nH]5)CC4)cc3)nc2c1. The van der Waals surface area contributed by atoms with Gasteiger partial charge in [-0.3, -0.25) is 14.5 Å². The number of nitrogens with one attached hydrogen (secondary N) is 1. The Morgan fingerprint density at radius 1 is 0.854 bits per heavy atom. The van der Waals surface area contributed by atoms with Crippen LogP contribution in [0.25, 0.3) is 39.7 Å². The minimum absolute atomic E-state index is 0.420. The third-order valence-corrected chi connectivity index (χ3v) is 8.14. The number of H-pyrrole nitrogens is 1. The quantitative estimate of drug-likeness (QED) is 0.248. The van der Waals surface area contributed by atoms with E-state index in [1.807, 2.05) is 18.2 Å². The number of benzene rings is 2. The Morgan fingerprint density at radius 2 is 1.66 bits per heavy atom. The molecule has 0 atom stereocenters. The minimum Gasteiger partial charge on any atom is -0.303 e. The number of piperidine rings is 1. The lowest BCUT2D eigenvalue weighted by molar-refractivity contribution is 0.211. The molecule has 204 valence electrons. The van der Waals surface area contributed by atoms with Gasteiger partial charge in [-0.05, 0) is 74.7 Å². The molecule has 7 nitrogen and oxygen atoms in total. The number of nitrogens with zero attached hydrogens (tertiary/aromatic N) is 6. The first-order valence-electron chi connectivity index (χ1n) is 14.4. The average Bonchev–Trinajstić information content (AvgIpc) is 3.67. The predicted molar refractivity (Wildman–Crippen MR) is 163 cm³/mol. The highest BCUT2D eigenvalue weighted by molar-refractivity contribution is 5.82. The van der Waals surface area contributed by atoms with Crippen LogP contribution in [0, 0.1) is 6.92 Å². The van der Waals surface area contributed by atoms with Crippen molar-refractivity contribution >= 4 is 5.65 Å². The van der Waals surface area contributed by atoms with Crippen LogP contribution < -0.4 is 0 Å². The Balaban J connectivity index is 1.00. The van der Waals surface area contributed by atoms with Crippen LogP contribution in [0.2, 0.25) is 0 Å². The van der Waals surface area contributed by atoms with Gasteiger partial charge in [-0.1, -0.05) is 60.7 Å². The maximum absolute atomic E-state index is 5.06. The smallest absolute Gasteiger partial charge is 0.199 e. The highest BCUT2D eigenvalue weighted by Gasteiger charge is 2.24. The van der Waals surface area contributed by atoms with Crippen molar-refractivity contribution in [2.24, 2.45) is 0 Å². The summed E-state index contributed by atoms with van der Waals surface area (Å²) in [6.07, 6.45) is 7.12. The summed E-state index contributed by atoms with van der Waals surface area (Å²) < 4.78 is 2.20. The second-order valence-corrected chi connectivity index (χ2v) is 10.9. The molecule has 6 aromatic rings. The third kappa shape index (κ3) is 5.28. The lowest BCUT2D eigenvalue weighted by Gasteiger charge is -2.30. The van der Waals surface area contributed by atoms with Crippen molar-refractivity contribution in [3.63, 3.8) is 0 Å². The zero-order valence-electron chi connectivity index (χ0n) is 23.2. The van der Waals surface area contributed by atoms with Crippen LogP contribution in [-0.2, 0) is 6.42 Å². The second-order valence-electron chi connectivity index (χ2n) is 10.9. The van der Waals surface area contributed by atoms with Gasteiger partial charge in [-0.25, -0.2) is 9.97 Å². The first-order valence-corrected chi connectivity index (χ1v) is 14.4. The number of imidazole rings is 1. The maximum Gasteiger partial charge on any atom is 0.199 e. The molecule has 1 saturated heterocycles. The summed E-state index contributed by atoms with van der Waals surface area (Å²) in [7, 11) is 0. The molecule has 0 unspecified atom stereocenters. The Labute approximate surface area is 240 Å². The van der Waals surface area contributed by atoms with Crippen LogP contribution in [0.1, 0.15) is 35.7 Å². The summed E-state index contributed by atoms with van der Waals surface area (Å²) >= 11 is 0. The molecule has 7 rings (SSSR count). The number of aromatic nitrogens is 6. The van der Waals surface area contributed by atoms with Gasteiger partial charge in [0.15, 0.2) is 5.82 Å². The van der Waals surface area contributed by atoms with Crippen molar-refractivity contribution in [2.75, 3.05) is 19.6 Å². The normalized spacial score (nSPS) is 14.6. The van der Waals surface area contributed by atoms with E-state index in [0.717, 1.165) is 73.0 Å². The summed E-state index contributed by atoms with van der Waals surface area (Å²) in [6, 6.07) is 29.6. The zero-order chi connectivity index (χ0) is 27.6. The Hall–Kier alpha value is -4.62. The average molecular weight is 540 g/mol. The fraction of sp³-hybridized carbons (Fsp3) is 0.235. The van der Waals surface area contributed by atoms with Crippen LogP contribution in [-0.4, -0.2) is 54.1 Å². The van der Waals surface area contributed by atoms with Crippen molar-refractivity contribution in [3.05, 3.63) is 114 Å². The van der Waals surface area contributed by atoms with Gasteiger partial charge < -0.3 is 4.90 Å². The summed E-state index contributed by atoms with van der Waals surface area (Å²) in [5, 5.41) is 7.57. The van der Waals surface area contributed by atoms with Gasteiger partial charge in [0, 0.05) is 36.0 Å². The molecule has 1 N–H and O–H groups in total. The molecule has 41 heavy (non-hydrogen) atoms. The van der Waals surface area contributed by atoms with E-state index in [4.69, 9.17) is 9.97 Å². The predicted octanol–water partition coefficient (Wildman–Crippen LogP) is 6.58. The molecule has 0 amide bonds. The topological polar surface area (TPSA) is 75.0 Å². The summed E-state index contributed by atoms with van der Waals surface area (Å²) in [5.74, 6) is 2.09. The van der Waals surface area contributed by atoms with Crippen LogP contribution in [0.4, 0.5) is 0 Å². The van der Waals surface area contributed by atoms with Gasteiger partial charge in [0.2, 0.25) is 0 Å². The first-order chi connectivity index (χ1) is 20.2. The third-order valence-electron chi connectivity index (χ3n) is 8.14. The van der Waals surface area contributed by atoms with Crippen LogP contribution >= 0.6 is 0 Å². The van der Waals surface area contributed by atoms with Gasteiger partial charge in [0.1, 0.15) is 17.2 Å². The summed E-state index contributed by atoms with van der Waals surface area (Å²) in [4.78, 5) is 16.7. The van der Waals surface area contributed by atoms with Crippen molar-refractivity contribution < 1.29 is 0 Å². The Morgan fingerprint density at radius 3 is 2.44 bits per heavy atom. The Bertz CT molecular complexity index is 1750. The van der Waals surface area contributed by atoms with Gasteiger partial charge in [0.25, 0.3) is 0 Å². The lowest BCUT2D eigenvalue weighted by atomic mass is 9.95. The van der Waals surface area contributed by atoms with Crippen LogP contribution in [0.3, 0.4) is 0 Å². The number of hydrogen-bond acceptors (Lipinski definition) is 5. The summed E-state index contributed by atoms with van der Waals surface area (Å²) in [5.41, 5.74) is 8.83. The molecule has 0 saturated carbocycles. The number of rotatable bonds is 7. The second kappa shape index (κ2) is 11.1. The molecular formula is C34H33N7. The number of hydrogen-bond donors (Lipinski definition) is 1. The van der Waals surface area contributed by atoms with Gasteiger partial charge in [-0.2, -0.15) is 5.10 Å². The maximum atomic E-state index is 5.06. The number of aromatic amines is 1. The van der Waals surface area contributed by atoms with E-state index in [1.54, 1.807) is 6.20 Å². The Kier molecular flexibility index (Phi) is 6.86. The molecule has 7 heteroatoms. The molecule has 2 aromatic carbocycles. The standard InChI is InChI=1S/C34H33N7/c1-24-14-22-41-30(23-24)36-31(32(41)27-7-3-2-4-8-27)26-12-10-25(11-13-26)15-19-40-20-16-28(17-21-40)33-37-34(39-38-33)29-9-5-6-18-35-29/h2-14,18,22-23,28H,15-17,19-21H2,1H3,(H,37,38,39). The lowest BCUT2D eigenvalue weighted by Crippen LogP contribution is -2.34. The van der Waals surface area contributed by atoms with Crippen molar-refractivity contribution in [1.82, 2.24) is 34.4 Å². The van der Waals surface area contributed by atoms with E-state index in [0.29, 0.717) is 11.7 Å². The minimum atomic E-state index is 0.420. The van der Waals surface area contributed by atoms with Gasteiger partial charge in [0.05, 0.1) is 11.4 Å². The van der Waals surface area contributed by atoms with Crippen molar-refractivity contribution in [1.29, 1.82) is 0 Å². The van der Waals surface area contributed by atoms with Crippen LogP contribution in [0.15, 0.2) is 97.3 Å². The molecule has 0 aliphatic carbocycles. The number of pyridine rings is 2. The summed E-state index contributed by atoms with van der Waals surface area (Å²) in [6.45, 7) is 5.32. The monoisotopic (exact) mass is 539 g/mol. The molecule has 1 fully saturated rings. The fourth-order valence-corrected chi connectivity index (χ4v) is 5.83. The van der Waals surface area contributed by atoms with E-state index in [1.165, 1.54) is 16.7 Å². The van der Waals surface area contributed by atoms with Gasteiger partial charge in [-0.15, -0.1) is 0 Å². The van der Waals surface area contributed by atoms with E-state index < -0.39 is 0 Å². The molecular weight excluding hydrogens is 506 g/mol. The van der Waals surface area contributed by atoms with E-state index in [2.05, 4.69) is 104 Å². The molecule has 0 spiro atoms. The highest BCUT2D eigenvalue weighted by Crippen LogP contribution is 2.33. The fourth-order valence-electron chi connectivity index (χ4n) is 5.83. The van der Waals surface area contributed by atoms with E-state index in [9.17, 15) is 0 Å². The number of likely N-dealkylation sites (tertiary alicyclic amines) is 1. The molecule has 0 radical (unpaired) electrons. The van der Waals surface area contributed by atoms with Crippen molar-refractivity contribution in [3.8, 4) is 34.0 Å². The molecule has 5 heterocycles. The molecule has 0 bridgehead atoms. The highest BCUT2D eigenvalue weighted by atomic mass is 15.2. The largest absolute Gasteiger partial charge is 0.303 e. The van der Waals surface area contributed by atoms with Crippen molar-refractivity contribution in [2.45, 2.75) is 32.1 Å². The van der Waals surface area contributed by atoms with Crippen LogP contribution in [0.5, 0.6) is 0 Å². The number of aryl methyl sites for hydroxylation is 1. The van der Waals surface area contributed by atoms with Gasteiger partial charge >= 0.3 is 0 Å². The number of fused-ring (bicyclic) bond motifs is 1. The first kappa shape index (κ1) is 25.4.